The highest BCUT2D eigenvalue weighted by Crippen LogP contribution is 2.34. The van der Waals surface area contributed by atoms with Crippen molar-refractivity contribution >= 4 is 11.6 Å². The van der Waals surface area contributed by atoms with Crippen LogP contribution in [0.5, 0.6) is 0 Å². The van der Waals surface area contributed by atoms with Crippen molar-refractivity contribution in [3.63, 3.8) is 0 Å². The number of fused-ring (bicyclic) bond motifs is 5. The van der Waals surface area contributed by atoms with Gasteiger partial charge in [0.2, 0.25) is 0 Å². The number of halogens is 2. The van der Waals surface area contributed by atoms with Crippen LogP contribution in [0.4, 0.5) is 4.39 Å². The summed E-state index contributed by atoms with van der Waals surface area (Å²) in [4.78, 5) is 4.59. The van der Waals surface area contributed by atoms with Gasteiger partial charge < -0.3 is 18.6 Å². The van der Waals surface area contributed by atoms with Crippen LogP contribution >= 0.6 is 11.6 Å². The van der Waals surface area contributed by atoms with Crippen molar-refractivity contribution in [1.29, 1.82) is 0 Å². The first-order valence-electron chi connectivity index (χ1n) is 9.72. The lowest BCUT2D eigenvalue weighted by Crippen LogP contribution is -2.10. The molecule has 9 heteroatoms. The first-order chi connectivity index (χ1) is 15.1. The van der Waals surface area contributed by atoms with Crippen LogP contribution in [0.25, 0.3) is 17.1 Å². The molecule has 0 N–H and O–H groups in total. The van der Waals surface area contributed by atoms with Gasteiger partial charge in [0.1, 0.15) is 12.4 Å². The van der Waals surface area contributed by atoms with Crippen LogP contribution < -0.4 is 0 Å². The van der Waals surface area contributed by atoms with Gasteiger partial charge in [0.05, 0.1) is 43.2 Å². The standard InChI is InChI=1S/C22H19ClFN5O2/c1-30-12-21-26-27-22-17-8-15(23)5-6-19(17)29-13-25-18(20(29)9-28(21)22)11-31-10-14-3-2-4-16(24)7-14/h2-8,13H,9-12H2,1H3. The third-order valence-corrected chi connectivity index (χ3v) is 5.45. The van der Waals surface area contributed by atoms with Gasteiger partial charge in [0, 0.05) is 17.7 Å². The summed E-state index contributed by atoms with van der Waals surface area (Å²) in [6, 6.07) is 12.0. The SMILES string of the molecule is COCc1nnc2n1Cc1c(COCc3cccc(F)c3)ncn1-c1ccc(Cl)cc1-2. The number of benzene rings is 2. The summed E-state index contributed by atoms with van der Waals surface area (Å²) in [5.41, 5.74) is 4.30. The summed E-state index contributed by atoms with van der Waals surface area (Å²) in [5.74, 6) is 1.16. The highest BCUT2D eigenvalue weighted by atomic mass is 35.5. The molecule has 0 unspecified atom stereocenters. The summed E-state index contributed by atoms with van der Waals surface area (Å²) in [6.45, 7) is 1.43. The van der Waals surface area contributed by atoms with E-state index in [1.54, 1.807) is 19.5 Å². The van der Waals surface area contributed by atoms with Crippen LogP contribution in [0.2, 0.25) is 5.02 Å². The van der Waals surface area contributed by atoms with Gasteiger partial charge in [-0.3, -0.25) is 0 Å². The van der Waals surface area contributed by atoms with Gasteiger partial charge in [-0.1, -0.05) is 23.7 Å². The summed E-state index contributed by atoms with van der Waals surface area (Å²) in [6.07, 6.45) is 1.78. The van der Waals surface area contributed by atoms with Gasteiger partial charge in [0.15, 0.2) is 11.6 Å². The molecule has 7 nitrogen and oxygen atoms in total. The molecule has 0 amide bonds. The van der Waals surface area contributed by atoms with Crippen molar-refractivity contribution in [3.05, 3.63) is 82.4 Å². The van der Waals surface area contributed by atoms with Crippen molar-refractivity contribution in [2.24, 2.45) is 0 Å². The van der Waals surface area contributed by atoms with Gasteiger partial charge in [-0.05, 0) is 35.9 Å². The molecular weight excluding hydrogens is 421 g/mol. The third kappa shape index (κ3) is 3.74. The molecule has 0 atom stereocenters. The first kappa shape index (κ1) is 19.9. The maximum atomic E-state index is 13.4. The summed E-state index contributed by atoms with van der Waals surface area (Å²) < 4.78 is 28.6. The van der Waals surface area contributed by atoms with E-state index in [2.05, 4.69) is 15.2 Å². The van der Waals surface area contributed by atoms with E-state index in [9.17, 15) is 4.39 Å². The summed E-state index contributed by atoms with van der Waals surface area (Å²) in [7, 11) is 1.62. The molecule has 1 aliphatic heterocycles. The van der Waals surface area contributed by atoms with E-state index < -0.39 is 0 Å². The van der Waals surface area contributed by atoms with Crippen molar-refractivity contribution < 1.29 is 13.9 Å². The lowest BCUT2D eigenvalue weighted by atomic mass is 10.1. The average molecular weight is 440 g/mol. The van der Waals surface area contributed by atoms with Crippen molar-refractivity contribution in [3.8, 4) is 17.1 Å². The Balaban J connectivity index is 1.50. The number of hydrogen-bond donors (Lipinski definition) is 0. The molecule has 158 valence electrons. The molecule has 0 bridgehead atoms. The molecule has 31 heavy (non-hydrogen) atoms. The Kier molecular flexibility index (Phi) is 5.27. The molecule has 5 rings (SSSR count). The van der Waals surface area contributed by atoms with Gasteiger partial charge in [-0.15, -0.1) is 10.2 Å². The minimum Gasteiger partial charge on any atom is -0.377 e. The highest BCUT2D eigenvalue weighted by molar-refractivity contribution is 6.31. The lowest BCUT2D eigenvalue weighted by molar-refractivity contribution is 0.104. The predicted molar refractivity (Wildman–Crippen MR) is 112 cm³/mol. The summed E-state index contributed by atoms with van der Waals surface area (Å²) >= 11 is 6.28. The van der Waals surface area contributed by atoms with Crippen LogP contribution in [0.15, 0.2) is 48.8 Å². The molecule has 0 saturated heterocycles. The van der Waals surface area contributed by atoms with Gasteiger partial charge in [-0.2, -0.15) is 0 Å². The number of ether oxygens (including phenoxy) is 2. The molecule has 0 spiro atoms. The van der Waals surface area contributed by atoms with E-state index in [-0.39, 0.29) is 5.82 Å². The lowest BCUT2D eigenvalue weighted by Gasteiger charge is -2.10. The van der Waals surface area contributed by atoms with Crippen LogP contribution in [-0.4, -0.2) is 31.4 Å². The Hall–Kier alpha value is -3.07. The number of hydrogen-bond acceptors (Lipinski definition) is 5. The zero-order chi connectivity index (χ0) is 21.4. The maximum Gasteiger partial charge on any atom is 0.166 e. The fourth-order valence-corrected chi connectivity index (χ4v) is 3.95. The zero-order valence-corrected chi connectivity index (χ0v) is 17.5. The Bertz CT molecular complexity index is 1250. The Morgan fingerprint density at radius 3 is 2.84 bits per heavy atom. The topological polar surface area (TPSA) is 67.0 Å². The minimum absolute atomic E-state index is 0.280. The number of imidazole rings is 1. The highest BCUT2D eigenvalue weighted by Gasteiger charge is 2.26. The largest absolute Gasteiger partial charge is 0.377 e. The number of aromatic nitrogens is 5. The summed E-state index contributed by atoms with van der Waals surface area (Å²) in [5, 5.41) is 9.31. The smallest absolute Gasteiger partial charge is 0.166 e. The third-order valence-electron chi connectivity index (χ3n) is 5.22. The van der Waals surface area contributed by atoms with Gasteiger partial charge >= 0.3 is 0 Å². The van der Waals surface area contributed by atoms with E-state index in [4.69, 9.17) is 21.1 Å². The molecule has 0 radical (unpaired) electrons. The van der Waals surface area contributed by atoms with Crippen LogP contribution in [0, 0.1) is 5.82 Å². The molecule has 3 heterocycles. The molecule has 0 saturated carbocycles. The van der Waals surface area contributed by atoms with E-state index in [1.165, 1.54) is 12.1 Å². The number of rotatable bonds is 6. The fraction of sp³-hybridized carbons (Fsp3) is 0.227. The van der Waals surface area contributed by atoms with E-state index in [0.717, 1.165) is 34.0 Å². The predicted octanol–water partition coefficient (Wildman–Crippen LogP) is 4.15. The first-order valence-corrected chi connectivity index (χ1v) is 10.1. The Morgan fingerprint density at radius 1 is 1.10 bits per heavy atom. The zero-order valence-electron chi connectivity index (χ0n) is 16.8. The Labute approximate surface area is 183 Å². The van der Waals surface area contributed by atoms with E-state index in [0.29, 0.717) is 37.2 Å². The maximum absolute atomic E-state index is 13.4. The van der Waals surface area contributed by atoms with E-state index >= 15 is 0 Å². The Morgan fingerprint density at radius 2 is 2.00 bits per heavy atom. The second-order valence-electron chi connectivity index (χ2n) is 7.25. The van der Waals surface area contributed by atoms with Crippen molar-refractivity contribution in [2.45, 2.75) is 26.4 Å². The van der Waals surface area contributed by atoms with Gasteiger partial charge in [-0.25, -0.2) is 9.37 Å². The van der Waals surface area contributed by atoms with Crippen LogP contribution in [0.3, 0.4) is 0 Å². The normalized spacial score (nSPS) is 12.2. The number of methoxy groups -OCH3 is 1. The second-order valence-corrected chi connectivity index (χ2v) is 7.69. The minimum atomic E-state index is -0.280. The molecule has 0 fully saturated rings. The average Bonchev–Trinajstić information content (AvgIpc) is 3.30. The van der Waals surface area contributed by atoms with Crippen LogP contribution in [0.1, 0.15) is 22.8 Å². The molecule has 2 aromatic heterocycles. The fourth-order valence-electron chi connectivity index (χ4n) is 3.78. The van der Waals surface area contributed by atoms with Crippen molar-refractivity contribution in [1.82, 2.24) is 24.3 Å². The molecule has 1 aliphatic rings. The molecular formula is C22H19ClFN5O2. The molecule has 4 aromatic rings. The number of nitrogens with zero attached hydrogens (tertiary/aromatic N) is 5. The van der Waals surface area contributed by atoms with Crippen LogP contribution in [-0.2, 0) is 35.8 Å². The van der Waals surface area contributed by atoms with E-state index in [1.807, 2.05) is 33.4 Å². The monoisotopic (exact) mass is 439 g/mol. The van der Waals surface area contributed by atoms with Gasteiger partial charge in [0.25, 0.3) is 0 Å². The second kappa shape index (κ2) is 8.22. The molecule has 2 aromatic carbocycles. The molecule has 0 aliphatic carbocycles. The van der Waals surface area contributed by atoms with Crippen molar-refractivity contribution in [2.75, 3.05) is 7.11 Å². The quantitative estimate of drug-likeness (QED) is 0.397.